The number of pyridine rings is 1. The summed E-state index contributed by atoms with van der Waals surface area (Å²) in [4.78, 5) is 29.0. The minimum atomic E-state index is -0.331. The highest BCUT2D eigenvalue weighted by molar-refractivity contribution is 7.99. The molecule has 0 saturated carbocycles. The Morgan fingerprint density at radius 2 is 1.73 bits per heavy atom. The topological polar surface area (TPSA) is 115 Å². The van der Waals surface area contributed by atoms with Crippen LogP contribution < -0.4 is 10.6 Å². The first kappa shape index (κ1) is 26.6. The molecule has 2 aromatic heterocycles. The minimum Gasteiger partial charge on any atom is -0.324 e. The first-order valence-corrected chi connectivity index (χ1v) is 12.9. The van der Waals surface area contributed by atoms with Crippen LogP contribution in [0.4, 0.5) is 11.4 Å². The summed E-state index contributed by atoms with van der Waals surface area (Å²) in [6.45, 7) is 6.31. The third kappa shape index (κ3) is 6.65. The normalized spacial score (nSPS) is 11.3. The van der Waals surface area contributed by atoms with E-state index in [1.165, 1.54) is 10.7 Å². The number of rotatable bonds is 7. The highest BCUT2D eigenvalue weighted by atomic mass is 35.5. The molecule has 0 spiro atoms. The molecule has 2 amide bonds. The molecule has 2 N–H and O–H groups in total. The Labute approximate surface area is 228 Å². The van der Waals surface area contributed by atoms with Gasteiger partial charge in [0.25, 0.3) is 5.91 Å². The lowest BCUT2D eigenvalue weighted by Gasteiger charge is -2.20. The van der Waals surface area contributed by atoms with Gasteiger partial charge >= 0.3 is 0 Å². The van der Waals surface area contributed by atoms with Crippen LogP contribution in [0.15, 0.2) is 66.1 Å². The Morgan fingerprint density at radius 3 is 2.41 bits per heavy atom. The minimum absolute atomic E-state index is 0.0265. The van der Waals surface area contributed by atoms with Crippen LogP contribution in [0.25, 0.3) is 5.69 Å². The second-order valence-electron chi connectivity index (χ2n) is 9.01. The van der Waals surface area contributed by atoms with Crippen molar-refractivity contribution in [1.29, 1.82) is 0 Å². The second kappa shape index (κ2) is 11.3. The van der Waals surface area contributed by atoms with Crippen LogP contribution in [0, 0.1) is 0 Å². The van der Waals surface area contributed by atoms with Crippen molar-refractivity contribution < 1.29 is 9.59 Å². The van der Waals surface area contributed by atoms with Crippen LogP contribution in [0.3, 0.4) is 0 Å². The van der Waals surface area contributed by atoms with E-state index in [0.29, 0.717) is 32.8 Å². The summed E-state index contributed by atoms with van der Waals surface area (Å²) < 4.78 is 1.50. The largest absolute Gasteiger partial charge is 0.324 e. The fourth-order valence-corrected chi connectivity index (χ4v) is 4.45. The first-order valence-electron chi connectivity index (χ1n) is 11.1. The number of benzene rings is 2. The Bertz CT molecular complexity index is 1440. The molecule has 12 heteroatoms. The Balaban J connectivity index is 1.38. The maximum Gasteiger partial charge on any atom is 0.255 e. The molecule has 190 valence electrons. The van der Waals surface area contributed by atoms with Gasteiger partial charge in [-0.1, -0.05) is 61.8 Å². The van der Waals surface area contributed by atoms with Gasteiger partial charge in [-0.25, -0.2) is 0 Å². The summed E-state index contributed by atoms with van der Waals surface area (Å²) in [6.07, 6.45) is 3.16. The molecule has 0 unspecified atom stereocenters. The van der Waals surface area contributed by atoms with Gasteiger partial charge in [0.1, 0.15) is 0 Å². The molecule has 4 aromatic rings. The number of carbonyl (C=O) groups excluding carboxylic acids is 2. The third-order valence-electron chi connectivity index (χ3n) is 5.26. The predicted octanol–water partition coefficient (Wildman–Crippen LogP) is 5.64. The molecule has 9 nitrogen and oxygen atoms in total. The van der Waals surface area contributed by atoms with Crippen molar-refractivity contribution in [3.05, 3.63) is 82.1 Å². The molecule has 0 aliphatic carbocycles. The molecule has 37 heavy (non-hydrogen) atoms. The van der Waals surface area contributed by atoms with E-state index in [0.717, 1.165) is 17.3 Å². The van der Waals surface area contributed by atoms with Crippen molar-refractivity contribution >= 4 is 58.2 Å². The monoisotopic (exact) mass is 555 g/mol. The molecule has 0 bridgehead atoms. The van der Waals surface area contributed by atoms with Crippen molar-refractivity contribution in [3.63, 3.8) is 0 Å². The first-order chi connectivity index (χ1) is 17.6. The molecule has 2 aromatic carbocycles. The van der Waals surface area contributed by atoms with Crippen molar-refractivity contribution in [2.45, 2.75) is 31.3 Å². The predicted molar refractivity (Wildman–Crippen MR) is 146 cm³/mol. The van der Waals surface area contributed by atoms with E-state index in [2.05, 4.69) is 51.9 Å². The number of aromatic nitrogens is 5. The van der Waals surface area contributed by atoms with Gasteiger partial charge in [0.2, 0.25) is 11.1 Å². The standard InChI is InChI=1S/C25H23Cl2N7O2S/c1-25(2,3)16-5-7-21(19(27)13-16)34-24(31-32-33-34)37-14-22(35)30-20-6-4-15(12-18(20)26)23(36)29-17-8-10-28-11-9-17/h4-13H,14H2,1-3H3,(H,30,35)(H,28,29,36). The Hall–Kier alpha value is -3.47. The lowest BCUT2D eigenvalue weighted by molar-refractivity contribution is -0.113. The second-order valence-corrected chi connectivity index (χ2v) is 10.8. The Kier molecular flexibility index (Phi) is 8.11. The van der Waals surface area contributed by atoms with Gasteiger partial charge in [-0.3, -0.25) is 14.6 Å². The molecule has 4 rings (SSSR count). The number of hydrogen-bond donors (Lipinski definition) is 2. The van der Waals surface area contributed by atoms with E-state index in [1.807, 2.05) is 18.2 Å². The maximum absolute atomic E-state index is 12.6. The summed E-state index contributed by atoms with van der Waals surface area (Å²) in [7, 11) is 0. The molecular formula is C25H23Cl2N7O2S. The van der Waals surface area contributed by atoms with Gasteiger partial charge in [-0.2, -0.15) is 4.68 Å². The van der Waals surface area contributed by atoms with Crippen LogP contribution in [0.1, 0.15) is 36.7 Å². The maximum atomic E-state index is 12.6. The zero-order valence-corrected chi connectivity index (χ0v) is 22.5. The SMILES string of the molecule is CC(C)(C)c1ccc(-n2nnnc2SCC(=O)Nc2ccc(C(=O)Nc3ccncc3)cc2Cl)c(Cl)c1. The van der Waals surface area contributed by atoms with E-state index in [-0.39, 0.29) is 28.0 Å². The summed E-state index contributed by atoms with van der Waals surface area (Å²) in [5.74, 6) is -0.620. The number of anilines is 2. The number of amides is 2. The van der Waals surface area contributed by atoms with Crippen molar-refractivity contribution in [2.75, 3.05) is 16.4 Å². The van der Waals surface area contributed by atoms with Gasteiger partial charge in [0.15, 0.2) is 0 Å². The van der Waals surface area contributed by atoms with Gasteiger partial charge in [-0.05, 0) is 63.9 Å². The highest BCUT2D eigenvalue weighted by Crippen LogP contribution is 2.30. The van der Waals surface area contributed by atoms with Crippen molar-refractivity contribution in [3.8, 4) is 5.69 Å². The Morgan fingerprint density at radius 1 is 0.973 bits per heavy atom. The van der Waals surface area contributed by atoms with Gasteiger partial charge in [0, 0.05) is 23.6 Å². The molecule has 2 heterocycles. The molecule has 0 fully saturated rings. The number of halogens is 2. The van der Waals surface area contributed by atoms with E-state index < -0.39 is 0 Å². The third-order valence-corrected chi connectivity index (χ3v) is 6.79. The number of tetrazole rings is 1. The number of nitrogens with one attached hydrogen (secondary N) is 2. The summed E-state index contributed by atoms with van der Waals surface area (Å²) >= 11 is 14.0. The quantitative estimate of drug-likeness (QED) is 0.283. The number of thioether (sulfide) groups is 1. The molecule has 0 radical (unpaired) electrons. The van der Waals surface area contributed by atoms with Crippen molar-refractivity contribution in [2.24, 2.45) is 0 Å². The average Bonchev–Trinajstić information content (AvgIpc) is 3.32. The lowest BCUT2D eigenvalue weighted by atomic mass is 9.87. The zero-order chi connectivity index (χ0) is 26.6. The van der Waals surface area contributed by atoms with Gasteiger partial charge < -0.3 is 10.6 Å². The lowest BCUT2D eigenvalue weighted by Crippen LogP contribution is -2.16. The number of hydrogen-bond acceptors (Lipinski definition) is 7. The highest BCUT2D eigenvalue weighted by Gasteiger charge is 2.19. The summed E-state index contributed by atoms with van der Waals surface area (Å²) in [5, 5.41) is 18.4. The van der Waals surface area contributed by atoms with E-state index in [1.54, 1.807) is 36.7 Å². The van der Waals surface area contributed by atoms with Crippen molar-refractivity contribution in [1.82, 2.24) is 25.2 Å². The molecular weight excluding hydrogens is 533 g/mol. The number of nitrogens with zero attached hydrogens (tertiary/aromatic N) is 5. The van der Waals surface area contributed by atoms with Crippen LogP contribution in [-0.2, 0) is 10.2 Å². The van der Waals surface area contributed by atoms with Gasteiger partial charge in [0.05, 0.1) is 27.2 Å². The zero-order valence-electron chi connectivity index (χ0n) is 20.2. The van der Waals surface area contributed by atoms with Crippen LogP contribution in [0.2, 0.25) is 10.0 Å². The summed E-state index contributed by atoms with van der Waals surface area (Å²) in [6, 6.07) is 13.7. The van der Waals surface area contributed by atoms with Crippen LogP contribution in [0.5, 0.6) is 0 Å². The van der Waals surface area contributed by atoms with Crippen LogP contribution >= 0.6 is 35.0 Å². The van der Waals surface area contributed by atoms with Crippen LogP contribution in [-0.4, -0.2) is 42.8 Å². The molecule has 0 atom stereocenters. The average molecular weight is 556 g/mol. The van der Waals surface area contributed by atoms with E-state index >= 15 is 0 Å². The fraction of sp³-hybridized carbons (Fsp3) is 0.200. The van der Waals surface area contributed by atoms with Gasteiger partial charge in [-0.15, -0.1) is 5.10 Å². The number of carbonyl (C=O) groups is 2. The molecule has 0 aliphatic heterocycles. The smallest absolute Gasteiger partial charge is 0.255 e. The fourth-order valence-electron chi connectivity index (χ4n) is 3.28. The van der Waals surface area contributed by atoms with E-state index in [4.69, 9.17) is 23.2 Å². The van der Waals surface area contributed by atoms with E-state index in [9.17, 15) is 9.59 Å². The molecule has 0 saturated heterocycles. The molecule has 0 aliphatic rings. The summed E-state index contributed by atoms with van der Waals surface area (Å²) in [5.41, 5.74) is 2.99.